The molecule has 2 N–H and O–H groups in total. The number of nitrogens with zero attached hydrogens (tertiary/aromatic N) is 1. The lowest BCUT2D eigenvalue weighted by Gasteiger charge is -2.29. The molecule has 0 saturated carbocycles. The van der Waals surface area contributed by atoms with E-state index in [1.54, 1.807) is 20.3 Å². The van der Waals surface area contributed by atoms with Crippen LogP contribution in [0.25, 0.3) is 0 Å². The van der Waals surface area contributed by atoms with Gasteiger partial charge in [-0.15, -0.1) is 0 Å². The number of thiocarbonyl (C=S) groups is 1. The maximum Gasteiger partial charge on any atom is 0.123 e. The fourth-order valence-electron chi connectivity index (χ4n) is 2.16. The summed E-state index contributed by atoms with van der Waals surface area (Å²) in [5.41, 5.74) is 7.20. The van der Waals surface area contributed by atoms with Crippen molar-refractivity contribution in [3.63, 3.8) is 0 Å². The molecule has 0 saturated heterocycles. The van der Waals surface area contributed by atoms with Crippen LogP contribution in [0.3, 0.4) is 0 Å². The highest BCUT2D eigenvalue weighted by Crippen LogP contribution is 2.16. The van der Waals surface area contributed by atoms with Crippen LogP contribution < -0.4 is 5.73 Å². The Balaban J connectivity index is 2.95. The minimum absolute atomic E-state index is 0.174. The second kappa shape index (κ2) is 9.04. The summed E-state index contributed by atoms with van der Waals surface area (Å²) in [4.78, 5) is 2.43. The lowest BCUT2D eigenvalue weighted by molar-refractivity contribution is 0.0704. The van der Waals surface area contributed by atoms with Gasteiger partial charge in [0.05, 0.1) is 13.2 Å². The molecule has 0 fully saturated rings. The van der Waals surface area contributed by atoms with Crippen LogP contribution in [0.2, 0.25) is 0 Å². The fourth-order valence-corrected chi connectivity index (χ4v) is 2.36. The summed E-state index contributed by atoms with van der Waals surface area (Å²) < 4.78 is 23.8. The topological polar surface area (TPSA) is 47.7 Å². The van der Waals surface area contributed by atoms with Gasteiger partial charge in [-0.3, -0.25) is 4.90 Å². The van der Waals surface area contributed by atoms with Crippen molar-refractivity contribution in [1.29, 1.82) is 0 Å². The van der Waals surface area contributed by atoms with Crippen LogP contribution in [0.5, 0.6) is 0 Å². The van der Waals surface area contributed by atoms with E-state index < -0.39 is 0 Å². The molecule has 0 bridgehead atoms. The number of hydrogen-bond acceptors (Lipinski definition) is 4. The first-order valence-corrected chi connectivity index (χ1v) is 7.20. The molecular weight excluding hydrogens is 291 g/mol. The lowest BCUT2D eigenvalue weighted by atomic mass is 10.1. The van der Waals surface area contributed by atoms with E-state index in [1.165, 1.54) is 12.1 Å². The lowest BCUT2D eigenvalue weighted by Crippen LogP contribution is -2.38. The van der Waals surface area contributed by atoms with E-state index in [4.69, 9.17) is 27.4 Å². The van der Waals surface area contributed by atoms with E-state index in [1.807, 2.05) is 0 Å². The highest BCUT2D eigenvalue weighted by molar-refractivity contribution is 7.80. The van der Waals surface area contributed by atoms with E-state index in [-0.39, 0.29) is 16.8 Å². The SMILES string of the molecule is COCCN(Cc1cc(F)ccc1C(N)=S)C(C)COC. The van der Waals surface area contributed by atoms with Gasteiger partial charge in [-0.25, -0.2) is 4.39 Å². The van der Waals surface area contributed by atoms with Gasteiger partial charge in [0.25, 0.3) is 0 Å². The molecule has 118 valence electrons. The van der Waals surface area contributed by atoms with Crippen molar-refractivity contribution < 1.29 is 13.9 Å². The number of halogens is 1. The Morgan fingerprint density at radius 3 is 2.67 bits per heavy atom. The van der Waals surface area contributed by atoms with Gasteiger partial charge in [0.2, 0.25) is 0 Å². The van der Waals surface area contributed by atoms with Crippen molar-refractivity contribution in [3.05, 3.63) is 35.1 Å². The van der Waals surface area contributed by atoms with Crippen molar-refractivity contribution in [2.24, 2.45) is 5.73 Å². The maximum atomic E-state index is 13.5. The molecule has 0 amide bonds. The third kappa shape index (κ3) is 5.67. The van der Waals surface area contributed by atoms with Crippen molar-refractivity contribution in [2.45, 2.75) is 19.5 Å². The van der Waals surface area contributed by atoms with Gasteiger partial charge in [-0.2, -0.15) is 0 Å². The van der Waals surface area contributed by atoms with Crippen LogP contribution >= 0.6 is 12.2 Å². The Kier molecular flexibility index (Phi) is 7.74. The molecule has 0 radical (unpaired) electrons. The number of benzene rings is 1. The second-order valence-electron chi connectivity index (χ2n) is 4.93. The van der Waals surface area contributed by atoms with Crippen LogP contribution in [0.15, 0.2) is 18.2 Å². The van der Waals surface area contributed by atoms with E-state index in [2.05, 4.69) is 11.8 Å². The van der Waals surface area contributed by atoms with Gasteiger partial charge in [-0.1, -0.05) is 12.2 Å². The summed E-state index contributed by atoms with van der Waals surface area (Å²) in [6.07, 6.45) is 0. The van der Waals surface area contributed by atoms with Crippen molar-refractivity contribution in [3.8, 4) is 0 Å². The van der Waals surface area contributed by atoms with Crippen LogP contribution in [0.1, 0.15) is 18.1 Å². The largest absolute Gasteiger partial charge is 0.389 e. The van der Waals surface area contributed by atoms with E-state index in [0.29, 0.717) is 31.9 Å². The zero-order chi connectivity index (χ0) is 15.8. The Morgan fingerprint density at radius 2 is 2.10 bits per heavy atom. The third-order valence-corrected chi connectivity index (χ3v) is 3.54. The third-order valence-electron chi connectivity index (χ3n) is 3.32. The quantitative estimate of drug-likeness (QED) is 0.706. The predicted octanol–water partition coefficient (Wildman–Crippen LogP) is 1.94. The van der Waals surface area contributed by atoms with Gasteiger partial charge >= 0.3 is 0 Å². The molecule has 1 atom stereocenters. The summed E-state index contributed by atoms with van der Waals surface area (Å²) in [5.74, 6) is -0.295. The minimum atomic E-state index is -0.295. The Morgan fingerprint density at radius 1 is 1.38 bits per heavy atom. The van der Waals surface area contributed by atoms with Crippen molar-refractivity contribution in [1.82, 2.24) is 4.90 Å². The molecule has 1 aromatic carbocycles. The van der Waals surface area contributed by atoms with Gasteiger partial charge in [0.1, 0.15) is 10.8 Å². The second-order valence-corrected chi connectivity index (χ2v) is 5.37. The minimum Gasteiger partial charge on any atom is -0.389 e. The Bertz CT molecular complexity index is 471. The zero-order valence-corrected chi connectivity index (χ0v) is 13.6. The molecule has 0 heterocycles. The van der Waals surface area contributed by atoms with Gasteiger partial charge in [-0.05, 0) is 30.7 Å². The molecule has 4 nitrogen and oxygen atoms in total. The van der Waals surface area contributed by atoms with Crippen LogP contribution in [-0.4, -0.2) is 49.9 Å². The zero-order valence-electron chi connectivity index (χ0n) is 12.8. The predicted molar refractivity (Wildman–Crippen MR) is 85.9 cm³/mol. The van der Waals surface area contributed by atoms with E-state index >= 15 is 0 Å². The van der Waals surface area contributed by atoms with Crippen molar-refractivity contribution >= 4 is 17.2 Å². The molecule has 1 aromatic rings. The summed E-state index contributed by atoms with van der Waals surface area (Å²) >= 11 is 5.04. The number of rotatable bonds is 9. The Hall–Kier alpha value is -1.08. The molecule has 0 aliphatic carbocycles. The molecule has 0 aliphatic rings. The summed E-state index contributed by atoms with van der Waals surface area (Å²) in [7, 11) is 3.31. The smallest absolute Gasteiger partial charge is 0.123 e. The fraction of sp³-hybridized carbons (Fsp3) is 0.533. The summed E-state index contributed by atoms with van der Waals surface area (Å²) in [6, 6.07) is 4.65. The number of ether oxygens (including phenoxy) is 2. The first-order chi connectivity index (χ1) is 9.99. The van der Waals surface area contributed by atoms with E-state index in [9.17, 15) is 4.39 Å². The molecule has 21 heavy (non-hydrogen) atoms. The number of nitrogens with two attached hydrogens (primary N) is 1. The van der Waals surface area contributed by atoms with Gasteiger partial charge in [0, 0.05) is 38.9 Å². The van der Waals surface area contributed by atoms with Crippen LogP contribution in [0.4, 0.5) is 4.39 Å². The van der Waals surface area contributed by atoms with Crippen LogP contribution in [0, 0.1) is 5.82 Å². The number of methoxy groups -OCH3 is 2. The van der Waals surface area contributed by atoms with E-state index in [0.717, 1.165) is 5.56 Å². The van der Waals surface area contributed by atoms with Crippen LogP contribution in [-0.2, 0) is 16.0 Å². The first-order valence-electron chi connectivity index (χ1n) is 6.79. The monoisotopic (exact) mass is 314 g/mol. The number of hydrogen-bond donors (Lipinski definition) is 1. The highest BCUT2D eigenvalue weighted by Gasteiger charge is 2.17. The molecule has 0 aromatic heterocycles. The normalized spacial score (nSPS) is 12.6. The first kappa shape index (κ1) is 18.0. The Labute approximate surface area is 131 Å². The summed E-state index contributed by atoms with van der Waals surface area (Å²) in [5, 5.41) is 0. The molecular formula is C15H23FN2O2S. The van der Waals surface area contributed by atoms with Crippen molar-refractivity contribution in [2.75, 3.05) is 34.0 Å². The molecule has 6 heteroatoms. The molecule has 0 spiro atoms. The van der Waals surface area contributed by atoms with Gasteiger partial charge in [0.15, 0.2) is 0 Å². The average molecular weight is 314 g/mol. The highest BCUT2D eigenvalue weighted by atomic mass is 32.1. The van der Waals surface area contributed by atoms with Gasteiger partial charge < -0.3 is 15.2 Å². The summed E-state index contributed by atoms with van der Waals surface area (Å²) in [6.45, 7) is 4.48. The molecule has 0 aliphatic heterocycles. The molecule has 1 unspecified atom stereocenters. The standard InChI is InChI=1S/C15H23FN2O2S/c1-11(10-20-3)18(6-7-19-2)9-12-8-13(16)4-5-14(12)15(17)21/h4-5,8,11H,6-7,9-10H2,1-3H3,(H2,17,21). The average Bonchev–Trinajstić information content (AvgIpc) is 2.43. The molecule has 1 rings (SSSR count). The maximum absolute atomic E-state index is 13.5.